The van der Waals surface area contributed by atoms with Gasteiger partial charge in [0.1, 0.15) is 6.54 Å². The maximum absolute atomic E-state index is 12.1. The molecule has 0 saturated carbocycles. The van der Waals surface area contributed by atoms with Gasteiger partial charge in [0, 0.05) is 17.8 Å². The fourth-order valence-corrected chi connectivity index (χ4v) is 1.32. The third-order valence-corrected chi connectivity index (χ3v) is 2.18. The molecule has 1 aromatic rings. The van der Waals surface area contributed by atoms with E-state index in [4.69, 9.17) is 0 Å². The molecule has 0 spiro atoms. The van der Waals surface area contributed by atoms with E-state index in [1.165, 1.54) is 4.68 Å². The molecule has 1 unspecified atom stereocenters. The van der Waals surface area contributed by atoms with Crippen molar-refractivity contribution in [3.8, 4) is 0 Å². The van der Waals surface area contributed by atoms with E-state index in [2.05, 4.69) is 17.3 Å². The lowest BCUT2D eigenvalue weighted by molar-refractivity contribution is 0.122. The summed E-state index contributed by atoms with van der Waals surface area (Å²) in [5.41, 5.74) is 0.948. The summed E-state index contributed by atoms with van der Waals surface area (Å²) in [6, 6.07) is 0.163. The van der Waals surface area contributed by atoms with E-state index < -0.39 is 6.43 Å². The van der Waals surface area contributed by atoms with Gasteiger partial charge in [0.05, 0.1) is 6.20 Å². The van der Waals surface area contributed by atoms with Gasteiger partial charge in [-0.2, -0.15) is 5.10 Å². The number of nitrogens with one attached hydrogen (secondary N) is 1. The molecule has 1 heterocycles. The van der Waals surface area contributed by atoms with Crippen LogP contribution in [0, 0.1) is 0 Å². The Morgan fingerprint density at radius 1 is 1.53 bits per heavy atom. The minimum atomic E-state index is -2.35. The third-order valence-electron chi connectivity index (χ3n) is 2.18. The number of aromatic nitrogens is 2. The quantitative estimate of drug-likeness (QED) is 0.791. The van der Waals surface area contributed by atoms with Gasteiger partial charge in [-0.05, 0) is 19.9 Å². The Bertz CT molecular complexity index is 286. The van der Waals surface area contributed by atoms with E-state index >= 15 is 0 Å². The summed E-state index contributed by atoms with van der Waals surface area (Å²) < 4.78 is 25.4. The molecule has 0 bridgehead atoms. The summed E-state index contributed by atoms with van der Waals surface area (Å²) in [6.07, 6.45) is 2.00. The number of hydrogen-bond acceptors (Lipinski definition) is 2. The first-order valence-electron chi connectivity index (χ1n) is 5.17. The van der Waals surface area contributed by atoms with Crippen LogP contribution >= 0.6 is 0 Å². The Hall–Kier alpha value is -0.970. The first kappa shape index (κ1) is 12.1. The van der Waals surface area contributed by atoms with Gasteiger partial charge in [0.15, 0.2) is 0 Å². The summed E-state index contributed by atoms with van der Waals surface area (Å²) >= 11 is 0. The van der Waals surface area contributed by atoms with Crippen LogP contribution < -0.4 is 5.32 Å². The van der Waals surface area contributed by atoms with E-state index in [1.54, 1.807) is 12.4 Å². The van der Waals surface area contributed by atoms with E-state index in [9.17, 15) is 8.78 Å². The van der Waals surface area contributed by atoms with Crippen LogP contribution in [0.5, 0.6) is 0 Å². The predicted molar refractivity (Wildman–Crippen MR) is 54.9 cm³/mol. The summed E-state index contributed by atoms with van der Waals surface area (Å²) in [5.74, 6) is 0. The smallest absolute Gasteiger partial charge is 0.257 e. The average Bonchev–Trinajstić information content (AvgIpc) is 2.61. The molecule has 0 aliphatic rings. The van der Waals surface area contributed by atoms with Crippen LogP contribution in [0.4, 0.5) is 8.78 Å². The SMILES string of the molecule is CCCNC(C)c1cnn(CC(F)F)c1. The van der Waals surface area contributed by atoms with Crippen molar-refractivity contribution in [1.29, 1.82) is 0 Å². The first-order valence-corrected chi connectivity index (χ1v) is 5.17. The van der Waals surface area contributed by atoms with Crippen molar-refractivity contribution < 1.29 is 8.78 Å². The van der Waals surface area contributed by atoms with Crippen LogP contribution in [0.15, 0.2) is 12.4 Å². The molecule has 1 N–H and O–H groups in total. The number of hydrogen-bond donors (Lipinski definition) is 1. The van der Waals surface area contributed by atoms with E-state index in [0.29, 0.717) is 0 Å². The van der Waals surface area contributed by atoms with Gasteiger partial charge in [-0.3, -0.25) is 4.68 Å². The molecule has 1 aromatic heterocycles. The van der Waals surface area contributed by atoms with Crippen LogP contribution in [0.3, 0.4) is 0 Å². The number of alkyl halides is 2. The van der Waals surface area contributed by atoms with Crippen molar-refractivity contribution in [2.75, 3.05) is 6.54 Å². The molecule has 0 saturated heterocycles. The fraction of sp³-hybridized carbons (Fsp3) is 0.700. The van der Waals surface area contributed by atoms with E-state index in [-0.39, 0.29) is 12.6 Å². The van der Waals surface area contributed by atoms with E-state index in [0.717, 1.165) is 18.5 Å². The standard InChI is InChI=1S/C10H17F2N3/c1-3-4-13-8(2)9-5-14-15(6-9)7-10(11)12/h5-6,8,10,13H,3-4,7H2,1-2H3. The van der Waals surface area contributed by atoms with Crippen LogP contribution in [-0.2, 0) is 6.54 Å². The van der Waals surface area contributed by atoms with Crippen LogP contribution in [0.1, 0.15) is 31.9 Å². The first-order chi connectivity index (χ1) is 7.13. The Morgan fingerprint density at radius 3 is 2.87 bits per heavy atom. The van der Waals surface area contributed by atoms with Crippen molar-refractivity contribution in [2.24, 2.45) is 0 Å². The van der Waals surface area contributed by atoms with Crippen LogP contribution in [0.2, 0.25) is 0 Å². The van der Waals surface area contributed by atoms with Gasteiger partial charge in [-0.1, -0.05) is 6.92 Å². The zero-order valence-electron chi connectivity index (χ0n) is 9.08. The Kier molecular flexibility index (Phi) is 4.68. The average molecular weight is 217 g/mol. The minimum Gasteiger partial charge on any atom is -0.310 e. The topological polar surface area (TPSA) is 29.9 Å². The Balaban J connectivity index is 2.51. The molecular weight excluding hydrogens is 200 g/mol. The Morgan fingerprint density at radius 2 is 2.27 bits per heavy atom. The predicted octanol–water partition coefficient (Wildman–Crippen LogP) is 2.21. The van der Waals surface area contributed by atoms with Gasteiger partial charge in [-0.15, -0.1) is 0 Å². The molecule has 0 aliphatic heterocycles. The molecule has 86 valence electrons. The summed E-state index contributed by atoms with van der Waals surface area (Å²) in [5, 5.41) is 7.16. The highest BCUT2D eigenvalue weighted by Gasteiger charge is 2.09. The lowest BCUT2D eigenvalue weighted by atomic mass is 10.2. The third kappa shape index (κ3) is 3.95. The molecule has 15 heavy (non-hydrogen) atoms. The maximum atomic E-state index is 12.1. The number of halogens is 2. The van der Waals surface area contributed by atoms with Crippen molar-refractivity contribution in [2.45, 2.75) is 39.3 Å². The summed E-state index contributed by atoms with van der Waals surface area (Å²) in [4.78, 5) is 0. The van der Waals surface area contributed by atoms with Crippen molar-refractivity contribution in [1.82, 2.24) is 15.1 Å². The zero-order valence-corrected chi connectivity index (χ0v) is 9.08. The number of nitrogens with zero attached hydrogens (tertiary/aromatic N) is 2. The van der Waals surface area contributed by atoms with Crippen molar-refractivity contribution in [3.63, 3.8) is 0 Å². The number of rotatable bonds is 6. The van der Waals surface area contributed by atoms with E-state index in [1.807, 2.05) is 6.92 Å². The van der Waals surface area contributed by atoms with Crippen LogP contribution in [0.25, 0.3) is 0 Å². The molecular formula is C10H17F2N3. The van der Waals surface area contributed by atoms with Gasteiger partial charge in [0.2, 0.25) is 0 Å². The molecule has 1 rings (SSSR count). The minimum absolute atomic E-state index is 0.163. The largest absolute Gasteiger partial charge is 0.310 e. The highest BCUT2D eigenvalue weighted by molar-refractivity contribution is 5.09. The molecule has 0 fully saturated rings. The molecule has 0 radical (unpaired) electrons. The second-order valence-electron chi connectivity index (χ2n) is 3.56. The lowest BCUT2D eigenvalue weighted by Crippen LogP contribution is -2.18. The Labute approximate surface area is 88.5 Å². The van der Waals surface area contributed by atoms with Crippen molar-refractivity contribution in [3.05, 3.63) is 18.0 Å². The maximum Gasteiger partial charge on any atom is 0.257 e. The van der Waals surface area contributed by atoms with Gasteiger partial charge < -0.3 is 5.32 Å². The molecule has 0 aromatic carbocycles. The second kappa shape index (κ2) is 5.80. The highest BCUT2D eigenvalue weighted by atomic mass is 19.3. The van der Waals surface area contributed by atoms with Gasteiger partial charge >= 0.3 is 0 Å². The van der Waals surface area contributed by atoms with Crippen molar-refractivity contribution >= 4 is 0 Å². The normalized spacial score (nSPS) is 13.4. The summed E-state index contributed by atoms with van der Waals surface area (Å²) in [6.45, 7) is 4.67. The molecule has 0 amide bonds. The molecule has 0 aliphatic carbocycles. The summed E-state index contributed by atoms with van der Waals surface area (Å²) in [7, 11) is 0. The van der Waals surface area contributed by atoms with Gasteiger partial charge in [0.25, 0.3) is 6.43 Å². The fourth-order valence-electron chi connectivity index (χ4n) is 1.32. The monoisotopic (exact) mass is 217 g/mol. The second-order valence-corrected chi connectivity index (χ2v) is 3.56. The molecule has 5 heteroatoms. The highest BCUT2D eigenvalue weighted by Crippen LogP contribution is 2.11. The van der Waals surface area contributed by atoms with Gasteiger partial charge in [-0.25, -0.2) is 8.78 Å². The molecule has 3 nitrogen and oxygen atoms in total. The lowest BCUT2D eigenvalue weighted by Gasteiger charge is -2.10. The molecule has 1 atom stereocenters. The zero-order chi connectivity index (χ0) is 11.3. The van der Waals surface area contributed by atoms with Crippen LogP contribution in [-0.4, -0.2) is 22.8 Å².